The molecule has 7 unspecified atom stereocenters. The van der Waals surface area contributed by atoms with Crippen molar-refractivity contribution in [1.82, 2.24) is 0 Å². The predicted octanol–water partition coefficient (Wildman–Crippen LogP) is 2.66. The first-order chi connectivity index (χ1) is 11.9. The summed E-state index contributed by atoms with van der Waals surface area (Å²) in [7, 11) is 0. The molecule has 2 heterocycles. The zero-order chi connectivity index (χ0) is 17.9. The Bertz CT molecular complexity index is 610. The van der Waals surface area contributed by atoms with Crippen LogP contribution in [0.4, 0.5) is 0 Å². The van der Waals surface area contributed by atoms with E-state index in [0.29, 0.717) is 19.4 Å². The molecule has 1 spiro atoms. The first-order valence-corrected chi connectivity index (χ1v) is 9.53. The highest BCUT2D eigenvalue weighted by molar-refractivity contribution is 5.21. The number of furan rings is 1. The molecule has 0 aromatic carbocycles. The van der Waals surface area contributed by atoms with Gasteiger partial charge in [-0.2, -0.15) is 0 Å². The summed E-state index contributed by atoms with van der Waals surface area (Å²) >= 11 is 0. The molecule has 5 nitrogen and oxygen atoms in total. The second-order valence-corrected chi connectivity index (χ2v) is 8.86. The summed E-state index contributed by atoms with van der Waals surface area (Å²) in [5.41, 5.74) is -0.366. The molecular formula is C20H30O5. The molecule has 1 aromatic heterocycles. The number of epoxide rings is 1. The molecule has 2 aliphatic carbocycles. The summed E-state index contributed by atoms with van der Waals surface area (Å²) in [5.74, 6) is 0.379. The minimum atomic E-state index is -0.609. The van der Waals surface area contributed by atoms with Crippen LogP contribution in [-0.4, -0.2) is 40.2 Å². The van der Waals surface area contributed by atoms with Crippen molar-refractivity contribution >= 4 is 0 Å². The van der Waals surface area contributed by atoms with Gasteiger partial charge in [0.2, 0.25) is 0 Å². The van der Waals surface area contributed by atoms with Crippen LogP contribution >= 0.6 is 0 Å². The summed E-state index contributed by atoms with van der Waals surface area (Å²) in [6.07, 6.45) is 6.18. The molecule has 140 valence electrons. The number of aliphatic hydroxyl groups is 3. The Morgan fingerprint density at radius 2 is 2.16 bits per heavy atom. The van der Waals surface area contributed by atoms with Crippen LogP contribution in [0.25, 0.3) is 0 Å². The summed E-state index contributed by atoms with van der Waals surface area (Å²) in [6.45, 7) is 4.98. The number of hydrogen-bond donors (Lipinski definition) is 3. The molecule has 3 fully saturated rings. The molecule has 1 saturated heterocycles. The van der Waals surface area contributed by atoms with Crippen molar-refractivity contribution in [2.45, 2.75) is 63.8 Å². The Balaban J connectivity index is 1.71. The van der Waals surface area contributed by atoms with Crippen LogP contribution in [-0.2, 0) is 4.74 Å². The van der Waals surface area contributed by atoms with Crippen molar-refractivity contribution in [3.63, 3.8) is 0 Å². The lowest BCUT2D eigenvalue weighted by Crippen LogP contribution is -2.66. The fourth-order valence-corrected chi connectivity index (χ4v) is 6.21. The van der Waals surface area contributed by atoms with E-state index in [0.717, 1.165) is 24.8 Å². The van der Waals surface area contributed by atoms with Gasteiger partial charge in [-0.15, -0.1) is 0 Å². The van der Waals surface area contributed by atoms with Crippen LogP contribution in [0.5, 0.6) is 0 Å². The quantitative estimate of drug-likeness (QED) is 0.727. The third-order valence-electron chi connectivity index (χ3n) is 7.95. The molecule has 1 aliphatic heterocycles. The molecule has 5 heteroatoms. The highest BCUT2D eigenvalue weighted by atomic mass is 16.6. The molecule has 4 rings (SSSR count). The van der Waals surface area contributed by atoms with Crippen molar-refractivity contribution < 1.29 is 24.5 Å². The third kappa shape index (κ3) is 2.29. The van der Waals surface area contributed by atoms with E-state index in [4.69, 9.17) is 9.15 Å². The maximum absolute atomic E-state index is 11.0. The lowest BCUT2D eigenvalue weighted by atomic mass is 9.43. The maximum atomic E-state index is 11.0. The average Bonchev–Trinajstić information content (AvgIpc) is 3.13. The zero-order valence-electron chi connectivity index (χ0n) is 15.1. The minimum absolute atomic E-state index is 0.0526. The largest absolute Gasteiger partial charge is 0.472 e. The zero-order valence-corrected chi connectivity index (χ0v) is 15.1. The molecule has 25 heavy (non-hydrogen) atoms. The third-order valence-corrected chi connectivity index (χ3v) is 7.95. The maximum Gasteiger partial charge on any atom is 0.102 e. The molecule has 2 saturated carbocycles. The molecule has 3 N–H and O–H groups in total. The van der Waals surface area contributed by atoms with Gasteiger partial charge in [-0.1, -0.05) is 20.3 Å². The standard InChI is InChI=1S/C20H30O5/c1-13-8-17(23)20(11-21)16(4-3-6-19(20)12-25-19)18(13,2)9-15(22)14-5-7-24-10-14/h5,7,10,13,15-17,21-23H,3-4,6,8-9,11-12H2,1-2H3. The Hall–Kier alpha value is -0.880. The Morgan fingerprint density at radius 1 is 1.40 bits per heavy atom. The predicted molar refractivity (Wildman–Crippen MR) is 91.7 cm³/mol. The minimum Gasteiger partial charge on any atom is -0.472 e. The van der Waals surface area contributed by atoms with Gasteiger partial charge in [-0.3, -0.25) is 0 Å². The van der Waals surface area contributed by atoms with Crippen molar-refractivity contribution in [3.05, 3.63) is 24.2 Å². The molecular weight excluding hydrogens is 320 g/mol. The van der Waals surface area contributed by atoms with E-state index < -0.39 is 17.6 Å². The summed E-state index contributed by atoms with van der Waals surface area (Å²) in [6, 6.07) is 1.81. The summed E-state index contributed by atoms with van der Waals surface area (Å²) < 4.78 is 11.0. The van der Waals surface area contributed by atoms with Gasteiger partial charge >= 0.3 is 0 Å². The number of ether oxygens (including phenoxy) is 1. The number of hydrogen-bond acceptors (Lipinski definition) is 5. The van der Waals surface area contributed by atoms with Crippen LogP contribution in [0.3, 0.4) is 0 Å². The van der Waals surface area contributed by atoms with Gasteiger partial charge in [0.1, 0.15) is 5.60 Å². The molecule has 0 amide bonds. The number of fused-ring (bicyclic) bond motifs is 2. The van der Waals surface area contributed by atoms with Crippen molar-refractivity contribution in [1.29, 1.82) is 0 Å². The Labute approximate surface area is 149 Å². The van der Waals surface area contributed by atoms with Crippen LogP contribution < -0.4 is 0 Å². The van der Waals surface area contributed by atoms with Crippen LogP contribution in [0, 0.1) is 22.7 Å². The van der Waals surface area contributed by atoms with Crippen LogP contribution in [0.2, 0.25) is 0 Å². The topological polar surface area (TPSA) is 86.4 Å². The smallest absolute Gasteiger partial charge is 0.102 e. The number of aliphatic hydroxyl groups excluding tert-OH is 3. The fraction of sp³-hybridized carbons (Fsp3) is 0.800. The normalized spacial score (nSPS) is 47.5. The summed E-state index contributed by atoms with van der Waals surface area (Å²) in [5, 5.41) is 32.3. The van der Waals surface area contributed by atoms with Crippen LogP contribution in [0.1, 0.15) is 57.6 Å². The van der Waals surface area contributed by atoms with E-state index in [1.54, 1.807) is 12.5 Å². The second kappa shape index (κ2) is 5.81. The fourth-order valence-electron chi connectivity index (χ4n) is 6.21. The molecule has 7 atom stereocenters. The van der Waals surface area contributed by atoms with E-state index in [1.807, 2.05) is 6.07 Å². The van der Waals surface area contributed by atoms with E-state index in [2.05, 4.69) is 13.8 Å². The SMILES string of the molecule is CC1CC(O)C2(CO)C(CCCC23CO3)C1(C)CC(O)c1ccoc1. The van der Waals surface area contributed by atoms with Gasteiger partial charge in [0, 0.05) is 5.56 Å². The molecule has 0 bridgehead atoms. The first kappa shape index (κ1) is 17.5. The lowest BCUT2D eigenvalue weighted by molar-refractivity contribution is -0.216. The van der Waals surface area contributed by atoms with Gasteiger partial charge < -0.3 is 24.5 Å². The lowest BCUT2D eigenvalue weighted by Gasteiger charge is -2.62. The van der Waals surface area contributed by atoms with E-state index in [1.165, 1.54) is 0 Å². The van der Waals surface area contributed by atoms with Crippen molar-refractivity contribution in [2.75, 3.05) is 13.2 Å². The Kier molecular flexibility index (Phi) is 4.07. The molecule has 3 aliphatic rings. The average molecular weight is 350 g/mol. The van der Waals surface area contributed by atoms with E-state index in [9.17, 15) is 15.3 Å². The Morgan fingerprint density at radius 3 is 2.76 bits per heavy atom. The second-order valence-electron chi connectivity index (χ2n) is 8.86. The van der Waals surface area contributed by atoms with Gasteiger partial charge in [0.05, 0.1) is 43.4 Å². The van der Waals surface area contributed by atoms with Crippen molar-refractivity contribution in [2.24, 2.45) is 22.7 Å². The highest BCUT2D eigenvalue weighted by Gasteiger charge is 2.73. The van der Waals surface area contributed by atoms with E-state index in [-0.39, 0.29) is 29.5 Å². The van der Waals surface area contributed by atoms with Gasteiger partial charge in [0.15, 0.2) is 0 Å². The summed E-state index contributed by atoms with van der Waals surface area (Å²) in [4.78, 5) is 0. The van der Waals surface area contributed by atoms with Crippen LogP contribution in [0.15, 0.2) is 23.0 Å². The van der Waals surface area contributed by atoms with E-state index >= 15 is 0 Å². The molecule has 0 radical (unpaired) electrons. The highest BCUT2D eigenvalue weighted by Crippen LogP contribution is 2.68. The molecule has 1 aromatic rings. The van der Waals surface area contributed by atoms with Gasteiger partial charge in [-0.25, -0.2) is 0 Å². The van der Waals surface area contributed by atoms with Gasteiger partial charge in [0.25, 0.3) is 0 Å². The monoisotopic (exact) mass is 350 g/mol. The first-order valence-electron chi connectivity index (χ1n) is 9.53. The van der Waals surface area contributed by atoms with Crippen molar-refractivity contribution in [3.8, 4) is 0 Å². The number of rotatable bonds is 4. The van der Waals surface area contributed by atoms with Gasteiger partial charge in [-0.05, 0) is 49.0 Å².